The van der Waals surface area contributed by atoms with Crippen molar-refractivity contribution in [1.29, 1.82) is 0 Å². The van der Waals surface area contributed by atoms with Crippen molar-refractivity contribution in [1.82, 2.24) is 10.2 Å². The molecule has 82 valence electrons. The Kier molecular flexibility index (Phi) is 4.35. The summed E-state index contributed by atoms with van der Waals surface area (Å²) >= 11 is 0. The lowest BCUT2D eigenvalue weighted by atomic mass is 9.97. The smallest absolute Gasteiger partial charge is 0.224 e. The SMILES string of the molecule is CNC(=O)C1CCCN(C[C@H](C)O)C1. The van der Waals surface area contributed by atoms with Gasteiger partial charge in [-0.2, -0.15) is 0 Å². The highest BCUT2D eigenvalue weighted by atomic mass is 16.3. The van der Waals surface area contributed by atoms with Crippen LogP contribution in [-0.2, 0) is 4.79 Å². The van der Waals surface area contributed by atoms with Gasteiger partial charge >= 0.3 is 0 Å². The molecule has 0 radical (unpaired) electrons. The molecule has 0 aliphatic carbocycles. The molecule has 1 aliphatic heterocycles. The van der Waals surface area contributed by atoms with Gasteiger partial charge in [-0.25, -0.2) is 0 Å². The van der Waals surface area contributed by atoms with Crippen LogP contribution in [0, 0.1) is 5.92 Å². The summed E-state index contributed by atoms with van der Waals surface area (Å²) in [6, 6.07) is 0. The summed E-state index contributed by atoms with van der Waals surface area (Å²) < 4.78 is 0. The first-order chi connectivity index (χ1) is 6.63. The Bertz CT molecular complexity index is 195. The quantitative estimate of drug-likeness (QED) is 0.665. The van der Waals surface area contributed by atoms with Gasteiger partial charge in [-0.05, 0) is 26.3 Å². The van der Waals surface area contributed by atoms with Gasteiger partial charge < -0.3 is 10.4 Å². The van der Waals surface area contributed by atoms with Crippen molar-refractivity contribution in [3.8, 4) is 0 Å². The maximum Gasteiger partial charge on any atom is 0.224 e. The highest BCUT2D eigenvalue weighted by molar-refractivity contribution is 5.78. The number of carbonyl (C=O) groups excluding carboxylic acids is 1. The maximum absolute atomic E-state index is 11.4. The summed E-state index contributed by atoms with van der Waals surface area (Å²) in [5, 5.41) is 11.9. The number of carbonyl (C=O) groups is 1. The van der Waals surface area contributed by atoms with E-state index in [2.05, 4.69) is 10.2 Å². The molecule has 0 bridgehead atoms. The van der Waals surface area contributed by atoms with Crippen molar-refractivity contribution in [3.63, 3.8) is 0 Å². The predicted molar refractivity (Wildman–Crippen MR) is 54.9 cm³/mol. The molecule has 4 nitrogen and oxygen atoms in total. The first-order valence-corrected chi connectivity index (χ1v) is 5.25. The molecule has 0 spiro atoms. The molecule has 1 rings (SSSR count). The van der Waals surface area contributed by atoms with E-state index in [9.17, 15) is 9.90 Å². The lowest BCUT2D eigenvalue weighted by molar-refractivity contribution is -0.126. The highest BCUT2D eigenvalue weighted by Gasteiger charge is 2.25. The number of nitrogens with one attached hydrogen (secondary N) is 1. The topological polar surface area (TPSA) is 52.6 Å². The molecule has 1 saturated heterocycles. The highest BCUT2D eigenvalue weighted by Crippen LogP contribution is 2.16. The van der Waals surface area contributed by atoms with E-state index in [1.807, 2.05) is 0 Å². The van der Waals surface area contributed by atoms with Gasteiger partial charge in [0.2, 0.25) is 5.91 Å². The first kappa shape index (κ1) is 11.5. The van der Waals surface area contributed by atoms with Gasteiger partial charge in [-0.1, -0.05) is 0 Å². The Balaban J connectivity index is 2.39. The van der Waals surface area contributed by atoms with E-state index in [1.54, 1.807) is 14.0 Å². The van der Waals surface area contributed by atoms with Crippen LogP contribution in [0.25, 0.3) is 0 Å². The number of aliphatic hydroxyl groups excluding tert-OH is 1. The molecule has 1 fully saturated rings. The third kappa shape index (κ3) is 3.27. The second kappa shape index (κ2) is 5.32. The van der Waals surface area contributed by atoms with E-state index in [-0.39, 0.29) is 17.9 Å². The summed E-state index contributed by atoms with van der Waals surface area (Å²) in [7, 11) is 1.68. The maximum atomic E-state index is 11.4. The molecule has 1 unspecified atom stereocenters. The fourth-order valence-electron chi connectivity index (χ4n) is 2.01. The Morgan fingerprint density at radius 2 is 2.43 bits per heavy atom. The van der Waals surface area contributed by atoms with E-state index >= 15 is 0 Å². The number of aliphatic hydroxyl groups is 1. The van der Waals surface area contributed by atoms with Crippen molar-refractivity contribution in [2.24, 2.45) is 5.92 Å². The summed E-state index contributed by atoms with van der Waals surface area (Å²) in [6.45, 7) is 4.24. The van der Waals surface area contributed by atoms with Crippen molar-refractivity contribution >= 4 is 5.91 Å². The number of hydrogen-bond acceptors (Lipinski definition) is 3. The van der Waals surface area contributed by atoms with E-state index in [0.29, 0.717) is 6.54 Å². The zero-order valence-electron chi connectivity index (χ0n) is 8.99. The van der Waals surface area contributed by atoms with Gasteiger partial charge in [0.25, 0.3) is 0 Å². The lowest BCUT2D eigenvalue weighted by Gasteiger charge is -2.32. The normalized spacial score (nSPS) is 25.8. The molecular weight excluding hydrogens is 180 g/mol. The summed E-state index contributed by atoms with van der Waals surface area (Å²) in [4.78, 5) is 13.6. The van der Waals surface area contributed by atoms with Crippen LogP contribution in [0.1, 0.15) is 19.8 Å². The summed E-state index contributed by atoms with van der Waals surface area (Å²) in [6.07, 6.45) is 1.71. The van der Waals surface area contributed by atoms with Crippen LogP contribution in [0.15, 0.2) is 0 Å². The Morgan fingerprint density at radius 1 is 1.71 bits per heavy atom. The zero-order chi connectivity index (χ0) is 10.6. The van der Waals surface area contributed by atoms with Crippen LogP contribution in [-0.4, -0.2) is 48.7 Å². The predicted octanol–water partition coefficient (Wildman–Crippen LogP) is -0.175. The van der Waals surface area contributed by atoms with Crippen LogP contribution in [0.2, 0.25) is 0 Å². The number of hydrogen-bond donors (Lipinski definition) is 2. The van der Waals surface area contributed by atoms with E-state index in [4.69, 9.17) is 0 Å². The number of piperidine rings is 1. The Labute approximate surface area is 85.3 Å². The van der Waals surface area contributed by atoms with Crippen molar-refractivity contribution in [2.75, 3.05) is 26.7 Å². The third-order valence-corrected chi connectivity index (χ3v) is 2.65. The molecule has 1 amide bonds. The lowest BCUT2D eigenvalue weighted by Crippen LogP contribution is -2.44. The van der Waals surface area contributed by atoms with Gasteiger partial charge in [0, 0.05) is 20.1 Å². The number of rotatable bonds is 3. The number of nitrogens with zero attached hydrogens (tertiary/aromatic N) is 1. The average Bonchev–Trinajstić information content (AvgIpc) is 2.16. The van der Waals surface area contributed by atoms with E-state index in [0.717, 1.165) is 25.9 Å². The molecule has 14 heavy (non-hydrogen) atoms. The molecule has 0 saturated carbocycles. The number of β-amino-alcohol motifs (C(OH)–C–C–N with tert-alkyl or cyclic N) is 1. The second-order valence-corrected chi connectivity index (χ2v) is 4.06. The molecule has 2 atom stereocenters. The largest absolute Gasteiger partial charge is 0.392 e. The standard InChI is InChI=1S/C10H20N2O2/c1-8(13)6-12-5-3-4-9(7-12)10(14)11-2/h8-9,13H,3-7H2,1-2H3,(H,11,14)/t8-,9?/m0/s1. The van der Waals surface area contributed by atoms with Gasteiger partial charge in [0.1, 0.15) is 0 Å². The zero-order valence-corrected chi connectivity index (χ0v) is 8.99. The first-order valence-electron chi connectivity index (χ1n) is 5.25. The minimum Gasteiger partial charge on any atom is -0.392 e. The van der Waals surface area contributed by atoms with Gasteiger partial charge in [-0.15, -0.1) is 0 Å². The van der Waals surface area contributed by atoms with Crippen LogP contribution in [0.4, 0.5) is 0 Å². The Hall–Kier alpha value is -0.610. The average molecular weight is 200 g/mol. The van der Waals surface area contributed by atoms with Crippen LogP contribution in [0.5, 0.6) is 0 Å². The molecule has 0 aromatic carbocycles. The number of amides is 1. The fourth-order valence-corrected chi connectivity index (χ4v) is 2.01. The fraction of sp³-hybridized carbons (Fsp3) is 0.900. The summed E-state index contributed by atoms with van der Waals surface area (Å²) in [5.41, 5.74) is 0. The molecule has 0 aromatic heterocycles. The van der Waals surface area contributed by atoms with Crippen molar-refractivity contribution in [3.05, 3.63) is 0 Å². The monoisotopic (exact) mass is 200 g/mol. The van der Waals surface area contributed by atoms with Crippen LogP contribution < -0.4 is 5.32 Å². The van der Waals surface area contributed by atoms with Gasteiger partial charge in [0.15, 0.2) is 0 Å². The van der Waals surface area contributed by atoms with E-state index < -0.39 is 0 Å². The van der Waals surface area contributed by atoms with Crippen LogP contribution >= 0.6 is 0 Å². The minimum absolute atomic E-state index is 0.104. The van der Waals surface area contributed by atoms with Crippen molar-refractivity contribution < 1.29 is 9.90 Å². The molecule has 1 heterocycles. The molecule has 0 aromatic rings. The molecule has 4 heteroatoms. The Morgan fingerprint density at radius 3 is 3.00 bits per heavy atom. The molecule has 1 aliphatic rings. The molecule has 2 N–H and O–H groups in total. The third-order valence-electron chi connectivity index (χ3n) is 2.65. The summed E-state index contributed by atoms with van der Waals surface area (Å²) in [5.74, 6) is 0.229. The van der Waals surface area contributed by atoms with Gasteiger partial charge in [-0.3, -0.25) is 9.69 Å². The second-order valence-electron chi connectivity index (χ2n) is 4.06. The molecular formula is C10H20N2O2. The van der Waals surface area contributed by atoms with Gasteiger partial charge in [0.05, 0.1) is 12.0 Å². The number of likely N-dealkylation sites (tertiary alicyclic amines) is 1. The van der Waals surface area contributed by atoms with Crippen LogP contribution in [0.3, 0.4) is 0 Å². The minimum atomic E-state index is -0.307. The van der Waals surface area contributed by atoms with Crippen molar-refractivity contribution in [2.45, 2.75) is 25.9 Å². The van der Waals surface area contributed by atoms with E-state index in [1.165, 1.54) is 0 Å².